The Morgan fingerprint density at radius 2 is 0.537 bits per heavy atom. The number of hydrogen-bond donors (Lipinski definition) is 0. The van der Waals surface area contributed by atoms with Gasteiger partial charge in [0, 0.05) is 55.2 Å². The Kier molecular flexibility index (Phi) is 11.1. The topological polar surface area (TPSA) is 44.0 Å². The Balaban J connectivity index is 0.946. The molecule has 0 atom stereocenters. The largest absolute Gasteiger partial charge is 0.309 e. The van der Waals surface area contributed by atoms with Gasteiger partial charge < -0.3 is 9.13 Å². The summed E-state index contributed by atoms with van der Waals surface area (Å²) in [5.74, 6) is -0.0724. The van der Waals surface area contributed by atoms with E-state index in [1.807, 2.05) is 97.1 Å². The van der Waals surface area contributed by atoms with E-state index in [9.17, 15) is 9.59 Å². The van der Waals surface area contributed by atoms with Crippen molar-refractivity contribution in [2.24, 2.45) is 0 Å². The highest BCUT2D eigenvalue weighted by molar-refractivity contribution is 6.18. The number of benzene rings is 13. The third-order valence-electron chi connectivity index (χ3n) is 16.1. The summed E-state index contributed by atoms with van der Waals surface area (Å²) >= 11 is 0. The van der Waals surface area contributed by atoms with Crippen molar-refractivity contribution in [3.63, 3.8) is 0 Å². The first-order valence-corrected chi connectivity index (χ1v) is 27.1. The van der Waals surface area contributed by atoms with Crippen LogP contribution < -0.4 is 0 Å². The SMILES string of the molecule is O=C(c1cccc(-c2cc(-c3ccc(-n4c5ccccc5c5ccccc54)cc3)c(-c3cccc(C(=O)c4cccc5ccccc45)c3)cc2-c2ccc(-n3c4ccccc4c4ccccc43)cc2)c1)c1cccc2ccccc12. The summed E-state index contributed by atoms with van der Waals surface area (Å²) in [6.07, 6.45) is 0. The number of rotatable bonds is 10. The van der Waals surface area contributed by atoms with E-state index >= 15 is 0 Å². The van der Waals surface area contributed by atoms with Gasteiger partial charge >= 0.3 is 0 Å². The number of carbonyl (C=O) groups excluding carboxylic acids is 2. The van der Waals surface area contributed by atoms with Gasteiger partial charge in [-0.25, -0.2) is 0 Å². The van der Waals surface area contributed by atoms with Crippen molar-refractivity contribution in [1.29, 1.82) is 0 Å². The molecular weight excluding hydrogens is 973 g/mol. The minimum absolute atomic E-state index is 0.0362. The lowest BCUT2D eigenvalue weighted by atomic mass is 9.84. The van der Waals surface area contributed by atoms with Crippen molar-refractivity contribution in [1.82, 2.24) is 9.13 Å². The Labute approximate surface area is 462 Å². The number of carbonyl (C=O) groups is 2. The Morgan fingerprint density at radius 3 is 0.912 bits per heavy atom. The second-order valence-corrected chi connectivity index (χ2v) is 20.6. The number of fused-ring (bicyclic) bond motifs is 8. The molecule has 0 amide bonds. The van der Waals surface area contributed by atoms with Crippen molar-refractivity contribution in [2.45, 2.75) is 0 Å². The van der Waals surface area contributed by atoms with Gasteiger partial charge in [0.05, 0.1) is 22.1 Å². The molecule has 0 spiro atoms. The molecule has 15 aromatic rings. The number of ketones is 2. The second kappa shape index (κ2) is 19.1. The predicted molar refractivity (Wildman–Crippen MR) is 332 cm³/mol. The van der Waals surface area contributed by atoms with Gasteiger partial charge in [0.15, 0.2) is 11.6 Å². The monoisotopic (exact) mass is 1020 g/mol. The first-order valence-electron chi connectivity index (χ1n) is 27.1. The van der Waals surface area contributed by atoms with Gasteiger partial charge in [-0.15, -0.1) is 0 Å². The van der Waals surface area contributed by atoms with Crippen LogP contribution in [0.15, 0.2) is 291 Å². The molecule has 0 aliphatic rings. The first-order chi connectivity index (χ1) is 39.5. The van der Waals surface area contributed by atoms with Crippen LogP contribution in [0.25, 0.3) is 121 Å². The standard InChI is InChI=1S/C76H48N2O2/c79-75(65-31-15-19-49-17-1-3-25-59(49)65)55-23-13-21-53(45-55)69-47-68(52-39-43-58(44-40-52)78-73-35-11-7-29-63(73)64-30-8-12-36-74(64)78)70(54-22-14-24-56(46-54)76(80)66-32-16-20-50-18-2-4-26-60(50)66)48-67(69)51-37-41-57(42-38-51)77-71-33-9-5-27-61(71)62-28-6-10-34-72(62)77/h1-48H. The zero-order valence-corrected chi connectivity index (χ0v) is 43.4. The van der Waals surface area contributed by atoms with Gasteiger partial charge in [-0.1, -0.05) is 218 Å². The van der Waals surface area contributed by atoms with E-state index < -0.39 is 0 Å². The van der Waals surface area contributed by atoms with Crippen LogP contribution in [0, 0.1) is 0 Å². The molecule has 4 nitrogen and oxygen atoms in total. The average Bonchev–Trinajstić information content (AvgIpc) is 4.06. The smallest absolute Gasteiger partial charge is 0.193 e. The van der Waals surface area contributed by atoms with Crippen molar-refractivity contribution >= 4 is 76.7 Å². The van der Waals surface area contributed by atoms with Crippen LogP contribution in [-0.2, 0) is 0 Å². The molecule has 0 unspecified atom stereocenters. The number of para-hydroxylation sites is 4. The van der Waals surface area contributed by atoms with E-state index in [0.29, 0.717) is 22.3 Å². The highest BCUT2D eigenvalue weighted by atomic mass is 16.1. The maximum atomic E-state index is 14.8. The maximum absolute atomic E-state index is 14.8. The lowest BCUT2D eigenvalue weighted by molar-refractivity contribution is 0.103. The fourth-order valence-electron chi connectivity index (χ4n) is 12.4. The average molecular weight is 1020 g/mol. The summed E-state index contributed by atoms with van der Waals surface area (Å²) in [5, 5.41) is 8.71. The normalized spacial score (nSPS) is 11.6. The fourth-order valence-corrected chi connectivity index (χ4v) is 12.4. The van der Waals surface area contributed by atoms with Crippen molar-refractivity contribution in [3.8, 4) is 55.9 Å². The molecule has 4 heteroatoms. The fraction of sp³-hybridized carbons (Fsp3) is 0. The van der Waals surface area contributed by atoms with Crippen LogP contribution in [0.3, 0.4) is 0 Å². The molecule has 0 N–H and O–H groups in total. The van der Waals surface area contributed by atoms with Gasteiger partial charge in [-0.3, -0.25) is 9.59 Å². The molecule has 0 fully saturated rings. The third-order valence-corrected chi connectivity index (χ3v) is 16.1. The van der Waals surface area contributed by atoms with Crippen LogP contribution in [0.2, 0.25) is 0 Å². The van der Waals surface area contributed by atoms with Crippen molar-refractivity contribution in [3.05, 3.63) is 313 Å². The van der Waals surface area contributed by atoms with Gasteiger partial charge in [0.25, 0.3) is 0 Å². The quantitative estimate of drug-likeness (QED) is 0.128. The maximum Gasteiger partial charge on any atom is 0.193 e. The van der Waals surface area contributed by atoms with Crippen LogP contribution >= 0.6 is 0 Å². The van der Waals surface area contributed by atoms with Crippen molar-refractivity contribution < 1.29 is 9.59 Å². The van der Waals surface area contributed by atoms with E-state index in [4.69, 9.17) is 0 Å². The van der Waals surface area contributed by atoms with Crippen LogP contribution in [0.5, 0.6) is 0 Å². The first kappa shape index (κ1) is 46.6. The van der Waals surface area contributed by atoms with Crippen LogP contribution in [0.4, 0.5) is 0 Å². The van der Waals surface area contributed by atoms with E-state index in [2.05, 4.69) is 203 Å². The van der Waals surface area contributed by atoms with Crippen LogP contribution in [0.1, 0.15) is 31.8 Å². The molecule has 374 valence electrons. The highest BCUT2D eigenvalue weighted by Crippen LogP contribution is 2.44. The van der Waals surface area contributed by atoms with E-state index in [1.165, 1.54) is 21.5 Å². The molecule has 15 rings (SSSR count). The molecule has 2 heterocycles. The molecule has 2 aromatic heterocycles. The summed E-state index contributed by atoms with van der Waals surface area (Å²) < 4.78 is 4.68. The second-order valence-electron chi connectivity index (χ2n) is 20.6. The van der Waals surface area contributed by atoms with Gasteiger partial charge in [-0.2, -0.15) is 0 Å². The van der Waals surface area contributed by atoms with E-state index in [0.717, 1.165) is 99.5 Å². The molecule has 0 aliphatic carbocycles. The summed E-state index contributed by atoms with van der Waals surface area (Å²) in [5.41, 5.74) is 17.0. The molecule has 0 aliphatic heterocycles. The van der Waals surface area contributed by atoms with Crippen molar-refractivity contribution in [2.75, 3.05) is 0 Å². The summed E-state index contributed by atoms with van der Waals surface area (Å²) in [4.78, 5) is 29.6. The van der Waals surface area contributed by atoms with Crippen LogP contribution in [-0.4, -0.2) is 20.7 Å². The van der Waals surface area contributed by atoms with E-state index in [-0.39, 0.29) is 11.6 Å². The van der Waals surface area contributed by atoms with Gasteiger partial charge in [0.1, 0.15) is 0 Å². The minimum Gasteiger partial charge on any atom is -0.309 e. The summed E-state index contributed by atoms with van der Waals surface area (Å²) in [6.45, 7) is 0. The zero-order chi connectivity index (χ0) is 53.3. The predicted octanol–water partition coefficient (Wildman–Crippen LogP) is 19.3. The zero-order valence-electron chi connectivity index (χ0n) is 43.4. The third kappa shape index (κ3) is 7.76. The van der Waals surface area contributed by atoms with Gasteiger partial charge in [0.2, 0.25) is 0 Å². The molecule has 0 radical (unpaired) electrons. The highest BCUT2D eigenvalue weighted by Gasteiger charge is 2.22. The number of hydrogen-bond acceptors (Lipinski definition) is 2. The molecular formula is C76H48N2O2. The van der Waals surface area contributed by atoms with Gasteiger partial charge in [-0.05, 0) is 139 Å². The molecule has 0 bridgehead atoms. The molecule has 0 saturated carbocycles. The molecule has 80 heavy (non-hydrogen) atoms. The minimum atomic E-state index is -0.0362. The number of aromatic nitrogens is 2. The lowest BCUT2D eigenvalue weighted by Gasteiger charge is -2.20. The molecule has 13 aromatic carbocycles. The lowest BCUT2D eigenvalue weighted by Crippen LogP contribution is -2.03. The number of nitrogens with zero attached hydrogens (tertiary/aromatic N) is 2. The Hall–Kier alpha value is -10.7. The Bertz CT molecular complexity index is 4550. The van der Waals surface area contributed by atoms with E-state index in [1.54, 1.807) is 0 Å². The summed E-state index contributed by atoms with van der Waals surface area (Å²) in [7, 11) is 0. The summed E-state index contributed by atoms with van der Waals surface area (Å²) in [6, 6.07) is 101. The molecule has 0 saturated heterocycles. The Morgan fingerprint density at radius 1 is 0.237 bits per heavy atom.